The summed E-state index contributed by atoms with van der Waals surface area (Å²) in [5.74, 6) is 0.0864. The molecule has 0 aliphatic carbocycles. The van der Waals surface area contributed by atoms with Crippen LogP contribution in [0.4, 0.5) is 4.39 Å². The second kappa shape index (κ2) is 8.86. The summed E-state index contributed by atoms with van der Waals surface area (Å²) in [7, 11) is -3.71. The van der Waals surface area contributed by atoms with E-state index in [1.54, 1.807) is 48.5 Å². The molecule has 0 atom stereocenters. The van der Waals surface area contributed by atoms with Gasteiger partial charge < -0.3 is 4.74 Å². The molecule has 0 saturated heterocycles. The van der Waals surface area contributed by atoms with Crippen LogP contribution in [-0.2, 0) is 16.6 Å². The van der Waals surface area contributed by atoms with Gasteiger partial charge in [-0.25, -0.2) is 9.22 Å². The molecule has 0 aliphatic heterocycles. The van der Waals surface area contributed by atoms with Crippen LogP contribution in [0.1, 0.15) is 11.1 Å². The topological polar surface area (TPSA) is 67.8 Å². The number of halogens is 2. The molecule has 0 aromatic heterocycles. The van der Waals surface area contributed by atoms with Crippen LogP contribution < -0.4 is 9.57 Å². The molecule has 144 valence electrons. The highest BCUT2D eigenvalue weighted by Gasteiger charge is 2.11. The fourth-order valence-corrected chi connectivity index (χ4v) is 3.33. The van der Waals surface area contributed by atoms with Crippen molar-refractivity contribution in [3.63, 3.8) is 0 Å². The summed E-state index contributed by atoms with van der Waals surface area (Å²) in [5.41, 5.74) is 0.942. The molecule has 0 fully saturated rings. The van der Waals surface area contributed by atoms with Gasteiger partial charge in [-0.2, -0.15) is 13.5 Å². The first-order valence-corrected chi connectivity index (χ1v) is 10.1. The van der Waals surface area contributed by atoms with E-state index in [1.165, 1.54) is 30.5 Å². The van der Waals surface area contributed by atoms with E-state index in [9.17, 15) is 12.8 Å². The number of hydrogen-bond donors (Lipinski definition) is 1. The maximum absolute atomic E-state index is 13.7. The standard InChI is InChI=1S/C20H16ClFN2O3S/c21-19-7-4-8-20(22)18(19)14-27-16-11-9-15(10-12-16)13-23-24-28(25,26)17-5-2-1-3-6-17/h1-13,24H,14H2/b23-13-. The van der Waals surface area contributed by atoms with Gasteiger partial charge in [0.1, 0.15) is 18.2 Å². The van der Waals surface area contributed by atoms with E-state index in [1.807, 2.05) is 0 Å². The number of nitrogens with one attached hydrogen (secondary N) is 1. The molecule has 0 bridgehead atoms. The zero-order valence-electron chi connectivity index (χ0n) is 14.5. The van der Waals surface area contributed by atoms with Gasteiger partial charge in [-0.1, -0.05) is 35.9 Å². The van der Waals surface area contributed by atoms with E-state index in [0.29, 0.717) is 16.3 Å². The van der Waals surface area contributed by atoms with Crippen LogP contribution in [-0.4, -0.2) is 14.6 Å². The predicted molar refractivity (Wildman–Crippen MR) is 107 cm³/mol. The van der Waals surface area contributed by atoms with Gasteiger partial charge >= 0.3 is 0 Å². The quantitative estimate of drug-likeness (QED) is 0.457. The highest BCUT2D eigenvalue weighted by molar-refractivity contribution is 7.89. The molecule has 5 nitrogen and oxygen atoms in total. The normalized spacial score (nSPS) is 11.5. The van der Waals surface area contributed by atoms with E-state index in [2.05, 4.69) is 9.93 Å². The maximum Gasteiger partial charge on any atom is 0.276 e. The fourth-order valence-electron chi connectivity index (χ4n) is 2.30. The molecule has 0 radical (unpaired) electrons. The molecular formula is C20H16ClFN2O3S. The van der Waals surface area contributed by atoms with Gasteiger partial charge in [0.2, 0.25) is 0 Å². The minimum atomic E-state index is -3.71. The number of sulfonamides is 1. The molecule has 0 spiro atoms. The Kier molecular flexibility index (Phi) is 6.28. The summed E-state index contributed by atoms with van der Waals surface area (Å²) in [6, 6.07) is 19.1. The minimum Gasteiger partial charge on any atom is -0.489 e. The second-order valence-corrected chi connectivity index (χ2v) is 7.79. The van der Waals surface area contributed by atoms with Gasteiger partial charge in [-0.05, 0) is 54.1 Å². The lowest BCUT2D eigenvalue weighted by Gasteiger charge is -2.09. The van der Waals surface area contributed by atoms with Crippen LogP contribution in [0.25, 0.3) is 0 Å². The van der Waals surface area contributed by atoms with Crippen LogP contribution in [0.3, 0.4) is 0 Å². The average Bonchev–Trinajstić information content (AvgIpc) is 2.69. The van der Waals surface area contributed by atoms with Crippen molar-refractivity contribution < 1.29 is 17.5 Å². The molecular weight excluding hydrogens is 403 g/mol. The third-order valence-corrected chi connectivity index (χ3v) is 5.36. The lowest BCUT2D eigenvalue weighted by molar-refractivity contribution is 0.300. The zero-order valence-corrected chi connectivity index (χ0v) is 16.1. The summed E-state index contributed by atoms with van der Waals surface area (Å²) < 4.78 is 43.4. The van der Waals surface area contributed by atoms with Gasteiger partial charge in [0.05, 0.1) is 16.1 Å². The fraction of sp³-hybridized carbons (Fsp3) is 0.0500. The molecule has 3 aromatic rings. The van der Waals surface area contributed by atoms with Crippen LogP contribution in [0.5, 0.6) is 5.75 Å². The molecule has 0 aliphatic rings. The van der Waals surface area contributed by atoms with E-state index < -0.39 is 15.8 Å². The molecule has 0 heterocycles. The SMILES string of the molecule is O=S(=O)(N/N=C\c1ccc(OCc2c(F)cccc2Cl)cc1)c1ccccc1. The number of benzene rings is 3. The maximum atomic E-state index is 13.7. The summed E-state index contributed by atoms with van der Waals surface area (Å²) >= 11 is 5.97. The summed E-state index contributed by atoms with van der Waals surface area (Å²) in [4.78, 5) is 2.28. The predicted octanol–water partition coefficient (Wildman–Crippen LogP) is 4.37. The van der Waals surface area contributed by atoms with Crippen molar-refractivity contribution in [2.45, 2.75) is 11.5 Å². The largest absolute Gasteiger partial charge is 0.489 e. The first-order valence-electron chi connectivity index (χ1n) is 8.21. The molecule has 3 rings (SSSR count). The van der Waals surface area contributed by atoms with E-state index >= 15 is 0 Å². The molecule has 0 amide bonds. The van der Waals surface area contributed by atoms with Gasteiger partial charge in [0, 0.05) is 5.56 Å². The van der Waals surface area contributed by atoms with E-state index in [-0.39, 0.29) is 17.1 Å². The monoisotopic (exact) mass is 418 g/mol. The van der Waals surface area contributed by atoms with Crippen LogP contribution >= 0.6 is 11.6 Å². The van der Waals surface area contributed by atoms with Crippen LogP contribution in [0, 0.1) is 5.82 Å². The third-order valence-electron chi connectivity index (χ3n) is 3.76. The highest BCUT2D eigenvalue weighted by Crippen LogP contribution is 2.21. The average molecular weight is 419 g/mol. The Balaban J connectivity index is 1.59. The van der Waals surface area contributed by atoms with Crippen molar-refractivity contribution in [3.8, 4) is 5.75 Å². The van der Waals surface area contributed by atoms with Crippen LogP contribution in [0.15, 0.2) is 82.8 Å². The van der Waals surface area contributed by atoms with Gasteiger partial charge in [-0.15, -0.1) is 0 Å². The smallest absolute Gasteiger partial charge is 0.276 e. The second-order valence-electron chi connectivity index (χ2n) is 5.72. The number of nitrogens with zero attached hydrogens (tertiary/aromatic N) is 1. The number of hydrogen-bond acceptors (Lipinski definition) is 4. The van der Waals surface area contributed by atoms with Crippen molar-refractivity contribution in [2.24, 2.45) is 5.10 Å². The Morgan fingerprint density at radius 2 is 1.71 bits per heavy atom. The highest BCUT2D eigenvalue weighted by atomic mass is 35.5. The Morgan fingerprint density at radius 3 is 2.39 bits per heavy atom. The Bertz CT molecular complexity index is 1050. The van der Waals surface area contributed by atoms with Crippen molar-refractivity contribution in [3.05, 3.63) is 94.8 Å². The Labute approximate surface area is 167 Å². The Hall–Kier alpha value is -2.90. The minimum absolute atomic E-state index is 0.00415. The molecule has 3 aromatic carbocycles. The molecule has 28 heavy (non-hydrogen) atoms. The molecule has 0 unspecified atom stereocenters. The lowest BCUT2D eigenvalue weighted by Crippen LogP contribution is -2.18. The lowest BCUT2D eigenvalue weighted by atomic mass is 10.2. The third kappa shape index (κ3) is 5.09. The molecule has 1 N–H and O–H groups in total. The summed E-state index contributed by atoms with van der Waals surface area (Å²) in [6.07, 6.45) is 1.37. The van der Waals surface area contributed by atoms with Crippen molar-refractivity contribution in [1.29, 1.82) is 0 Å². The van der Waals surface area contributed by atoms with Gasteiger partial charge in [0.25, 0.3) is 10.0 Å². The van der Waals surface area contributed by atoms with Gasteiger partial charge in [-0.3, -0.25) is 0 Å². The van der Waals surface area contributed by atoms with Crippen molar-refractivity contribution >= 4 is 27.8 Å². The van der Waals surface area contributed by atoms with Gasteiger partial charge in [0.15, 0.2) is 0 Å². The van der Waals surface area contributed by atoms with E-state index in [0.717, 1.165) is 0 Å². The van der Waals surface area contributed by atoms with E-state index in [4.69, 9.17) is 16.3 Å². The summed E-state index contributed by atoms with van der Waals surface area (Å²) in [5, 5.41) is 4.07. The van der Waals surface area contributed by atoms with Crippen LogP contribution in [0.2, 0.25) is 5.02 Å². The number of rotatable bonds is 7. The number of hydrazone groups is 1. The Morgan fingerprint density at radius 1 is 1.00 bits per heavy atom. The van der Waals surface area contributed by atoms with Crippen molar-refractivity contribution in [2.75, 3.05) is 0 Å². The summed E-state index contributed by atoms with van der Waals surface area (Å²) in [6.45, 7) is -0.00415. The van der Waals surface area contributed by atoms with Crippen molar-refractivity contribution in [1.82, 2.24) is 4.83 Å². The molecule has 0 saturated carbocycles. The molecule has 8 heteroatoms. The number of ether oxygens (including phenoxy) is 1. The zero-order chi connectivity index (χ0) is 20.0. The first kappa shape index (κ1) is 19.9. The first-order chi connectivity index (χ1) is 13.5.